The number of aliphatic hydroxyl groups is 1. The number of carbonyl (C=O) groups is 1. The first-order chi connectivity index (χ1) is 11.4. The van der Waals surface area contributed by atoms with Crippen LogP contribution in [-0.4, -0.2) is 28.8 Å². The van der Waals surface area contributed by atoms with Crippen molar-refractivity contribution in [3.05, 3.63) is 53.9 Å². The van der Waals surface area contributed by atoms with Crippen molar-refractivity contribution < 1.29 is 14.6 Å². The number of amides is 2. The maximum absolute atomic E-state index is 11.9. The van der Waals surface area contributed by atoms with E-state index in [2.05, 4.69) is 15.6 Å². The van der Waals surface area contributed by atoms with Crippen molar-refractivity contribution in [1.82, 2.24) is 10.3 Å². The van der Waals surface area contributed by atoms with Crippen LogP contribution < -0.4 is 15.4 Å². The standard InChI is InChI=1S/C18H23N3O3/c1-12(2)24-16-6-4-5-14(10-16)17(22)11-20-18(23)21-15-7-8-19-13(3)9-15/h4-10,12,17,22H,11H2,1-3H3,(H2,19,20,21,23)/t17-/m0/s1. The third-order valence-electron chi connectivity index (χ3n) is 3.23. The van der Waals surface area contributed by atoms with Crippen LogP contribution in [0.2, 0.25) is 0 Å². The average Bonchev–Trinajstić information content (AvgIpc) is 2.52. The van der Waals surface area contributed by atoms with E-state index in [1.165, 1.54) is 0 Å². The monoisotopic (exact) mass is 329 g/mol. The van der Waals surface area contributed by atoms with Crippen LogP contribution in [0.1, 0.15) is 31.2 Å². The molecule has 0 saturated carbocycles. The minimum Gasteiger partial charge on any atom is -0.491 e. The summed E-state index contributed by atoms with van der Waals surface area (Å²) in [6, 6.07) is 10.3. The van der Waals surface area contributed by atoms with E-state index in [-0.39, 0.29) is 18.7 Å². The molecule has 128 valence electrons. The summed E-state index contributed by atoms with van der Waals surface area (Å²) in [5.74, 6) is 0.693. The fraction of sp³-hybridized carbons (Fsp3) is 0.333. The van der Waals surface area contributed by atoms with Gasteiger partial charge in [-0.2, -0.15) is 0 Å². The van der Waals surface area contributed by atoms with Crippen LogP contribution in [0, 0.1) is 6.92 Å². The van der Waals surface area contributed by atoms with Crippen molar-refractivity contribution in [3.8, 4) is 5.75 Å². The highest BCUT2D eigenvalue weighted by Crippen LogP contribution is 2.20. The third kappa shape index (κ3) is 5.55. The lowest BCUT2D eigenvalue weighted by Crippen LogP contribution is -2.32. The Morgan fingerprint density at radius 2 is 2.08 bits per heavy atom. The highest BCUT2D eigenvalue weighted by atomic mass is 16.5. The molecule has 2 amide bonds. The first kappa shape index (κ1) is 17.7. The number of aromatic nitrogens is 1. The molecule has 0 radical (unpaired) electrons. The third-order valence-corrected chi connectivity index (χ3v) is 3.23. The molecule has 1 heterocycles. The lowest BCUT2D eigenvalue weighted by Gasteiger charge is -2.15. The SMILES string of the molecule is Cc1cc(NC(=O)NC[C@H](O)c2cccc(OC(C)C)c2)ccn1. The second kappa shape index (κ2) is 8.31. The van der Waals surface area contributed by atoms with Gasteiger partial charge >= 0.3 is 6.03 Å². The lowest BCUT2D eigenvalue weighted by molar-refractivity contribution is 0.174. The number of ether oxygens (including phenoxy) is 1. The van der Waals surface area contributed by atoms with Crippen LogP contribution in [0.25, 0.3) is 0 Å². The van der Waals surface area contributed by atoms with Gasteiger partial charge in [-0.3, -0.25) is 4.98 Å². The number of pyridine rings is 1. The predicted octanol–water partition coefficient (Wildman–Crippen LogP) is 3.03. The summed E-state index contributed by atoms with van der Waals surface area (Å²) in [6.45, 7) is 5.83. The predicted molar refractivity (Wildman–Crippen MR) is 93.2 cm³/mol. The molecular formula is C18H23N3O3. The Hall–Kier alpha value is -2.60. The Labute approximate surface area is 141 Å². The number of anilines is 1. The normalized spacial score (nSPS) is 11.9. The van der Waals surface area contributed by atoms with Crippen molar-refractivity contribution in [2.24, 2.45) is 0 Å². The topological polar surface area (TPSA) is 83.5 Å². The molecule has 2 aromatic rings. The number of benzene rings is 1. The second-order valence-electron chi connectivity index (χ2n) is 5.78. The van der Waals surface area contributed by atoms with Crippen molar-refractivity contribution in [2.45, 2.75) is 33.0 Å². The first-order valence-electron chi connectivity index (χ1n) is 7.86. The lowest BCUT2D eigenvalue weighted by atomic mass is 10.1. The number of rotatable bonds is 6. The van der Waals surface area contributed by atoms with E-state index in [4.69, 9.17) is 4.74 Å². The minimum absolute atomic E-state index is 0.0603. The molecule has 1 atom stereocenters. The van der Waals surface area contributed by atoms with Crippen molar-refractivity contribution in [2.75, 3.05) is 11.9 Å². The molecule has 0 aliphatic rings. The number of carbonyl (C=O) groups excluding carboxylic acids is 1. The van der Waals surface area contributed by atoms with Gasteiger partial charge in [0.15, 0.2) is 0 Å². The van der Waals surface area contributed by atoms with Crippen LogP contribution in [0.5, 0.6) is 5.75 Å². The Balaban J connectivity index is 1.88. The molecule has 0 saturated heterocycles. The molecule has 0 aliphatic carbocycles. The molecule has 0 aliphatic heterocycles. The molecule has 2 rings (SSSR count). The molecular weight excluding hydrogens is 306 g/mol. The molecule has 3 N–H and O–H groups in total. The Kier molecular flexibility index (Phi) is 6.14. The van der Waals surface area contributed by atoms with E-state index in [1.54, 1.807) is 30.5 Å². The Morgan fingerprint density at radius 3 is 2.79 bits per heavy atom. The maximum Gasteiger partial charge on any atom is 0.319 e. The number of hydrogen-bond donors (Lipinski definition) is 3. The summed E-state index contributed by atoms with van der Waals surface area (Å²) in [5.41, 5.74) is 2.16. The number of aliphatic hydroxyl groups excluding tert-OH is 1. The molecule has 1 aromatic carbocycles. The largest absolute Gasteiger partial charge is 0.491 e. The van der Waals surface area contributed by atoms with E-state index < -0.39 is 6.10 Å². The summed E-state index contributed by atoms with van der Waals surface area (Å²) < 4.78 is 5.60. The van der Waals surface area contributed by atoms with Crippen molar-refractivity contribution in [1.29, 1.82) is 0 Å². The van der Waals surface area contributed by atoms with E-state index in [1.807, 2.05) is 32.9 Å². The van der Waals surface area contributed by atoms with E-state index in [0.29, 0.717) is 17.0 Å². The molecule has 6 nitrogen and oxygen atoms in total. The minimum atomic E-state index is -0.814. The van der Waals surface area contributed by atoms with Crippen LogP contribution in [0.3, 0.4) is 0 Å². The van der Waals surface area contributed by atoms with Crippen LogP contribution >= 0.6 is 0 Å². The fourth-order valence-electron chi connectivity index (χ4n) is 2.17. The van der Waals surface area contributed by atoms with Gasteiger partial charge < -0.3 is 20.5 Å². The van der Waals surface area contributed by atoms with E-state index in [0.717, 1.165) is 5.69 Å². The molecule has 6 heteroatoms. The van der Waals surface area contributed by atoms with Gasteiger partial charge in [0.05, 0.1) is 12.2 Å². The van der Waals surface area contributed by atoms with Gasteiger partial charge in [0.2, 0.25) is 0 Å². The molecule has 0 fully saturated rings. The summed E-state index contributed by atoms with van der Waals surface area (Å²) in [4.78, 5) is 16.0. The van der Waals surface area contributed by atoms with Gasteiger partial charge in [-0.05, 0) is 50.6 Å². The van der Waals surface area contributed by atoms with Gasteiger partial charge in [-0.15, -0.1) is 0 Å². The zero-order chi connectivity index (χ0) is 17.5. The fourth-order valence-corrected chi connectivity index (χ4v) is 2.17. The van der Waals surface area contributed by atoms with E-state index >= 15 is 0 Å². The molecule has 1 aromatic heterocycles. The maximum atomic E-state index is 11.9. The van der Waals surface area contributed by atoms with Crippen LogP contribution in [-0.2, 0) is 0 Å². The van der Waals surface area contributed by atoms with Gasteiger partial charge in [-0.1, -0.05) is 12.1 Å². The summed E-state index contributed by atoms with van der Waals surface area (Å²) >= 11 is 0. The number of nitrogens with one attached hydrogen (secondary N) is 2. The highest BCUT2D eigenvalue weighted by Gasteiger charge is 2.11. The van der Waals surface area contributed by atoms with Crippen molar-refractivity contribution >= 4 is 11.7 Å². The summed E-state index contributed by atoms with van der Waals surface area (Å²) in [6.07, 6.45) is 0.871. The van der Waals surface area contributed by atoms with Gasteiger partial charge in [0.1, 0.15) is 5.75 Å². The smallest absolute Gasteiger partial charge is 0.319 e. The zero-order valence-electron chi connectivity index (χ0n) is 14.1. The van der Waals surface area contributed by atoms with Crippen LogP contribution in [0.4, 0.5) is 10.5 Å². The average molecular weight is 329 g/mol. The highest BCUT2D eigenvalue weighted by molar-refractivity contribution is 5.89. The number of nitrogens with zero attached hydrogens (tertiary/aromatic N) is 1. The van der Waals surface area contributed by atoms with Gasteiger partial charge in [0.25, 0.3) is 0 Å². The van der Waals surface area contributed by atoms with Crippen molar-refractivity contribution in [3.63, 3.8) is 0 Å². The van der Waals surface area contributed by atoms with Crippen LogP contribution in [0.15, 0.2) is 42.6 Å². The molecule has 24 heavy (non-hydrogen) atoms. The second-order valence-corrected chi connectivity index (χ2v) is 5.78. The number of urea groups is 1. The van der Waals surface area contributed by atoms with Gasteiger partial charge in [0, 0.05) is 24.1 Å². The molecule has 0 unspecified atom stereocenters. The molecule has 0 bridgehead atoms. The Morgan fingerprint density at radius 1 is 1.29 bits per heavy atom. The van der Waals surface area contributed by atoms with Gasteiger partial charge in [-0.25, -0.2) is 4.79 Å². The number of hydrogen-bond acceptors (Lipinski definition) is 4. The molecule has 0 spiro atoms. The Bertz CT molecular complexity index is 689. The first-order valence-corrected chi connectivity index (χ1v) is 7.86. The quantitative estimate of drug-likeness (QED) is 0.760. The number of aryl methyl sites for hydroxylation is 1. The zero-order valence-corrected chi connectivity index (χ0v) is 14.1. The summed E-state index contributed by atoms with van der Waals surface area (Å²) in [7, 11) is 0. The van der Waals surface area contributed by atoms with E-state index in [9.17, 15) is 9.90 Å². The summed E-state index contributed by atoms with van der Waals surface area (Å²) in [5, 5.41) is 15.6.